The molecule has 0 aromatic heterocycles. The van der Waals surface area contributed by atoms with Gasteiger partial charge in [0.05, 0.1) is 6.61 Å². The van der Waals surface area contributed by atoms with Crippen LogP contribution in [0.1, 0.15) is 6.92 Å². The second-order valence-corrected chi connectivity index (χ2v) is 2.93. The van der Waals surface area contributed by atoms with Crippen LogP contribution in [-0.2, 0) is 4.74 Å². The van der Waals surface area contributed by atoms with Gasteiger partial charge in [0.15, 0.2) is 0 Å². The Hall–Kier alpha value is -0.0500. The topological polar surface area (TPSA) is 12.5 Å². The zero-order chi connectivity index (χ0) is 9.23. The molecule has 0 atom stereocenters. The van der Waals surface area contributed by atoms with Gasteiger partial charge in [0.1, 0.15) is 0 Å². The van der Waals surface area contributed by atoms with Gasteiger partial charge in [0.25, 0.3) is 0 Å². The van der Waals surface area contributed by atoms with E-state index in [9.17, 15) is 0 Å². The van der Waals surface area contributed by atoms with Crippen LogP contribution in [0.15, 0.2) is 12.2 Å². The molecule has 0 aliphatic rings. The van der Waals surface area contributed by atoms with Crippen LogP contribution in [0.2, 0.25) is 0 Å². The maximum atomic E-state index is 5.65. The summed E-state index contributed by atoms with van der Waals surface area (Å²) >= 11 is 5.65. The number of rotatable bonds is 7. The van der Waals surface area contributed by atoms with Crippen LogP contribution in [-0.4, -0.2) is 44.1 Å². The molecule has 0 aromatic rings. The zero-order valence-electron chi connectivity index (χ0n) is 7.92. The van der Waals surface area contributed by atoms with E-state index in [1.807, 2.05) is 13.0 Å². The van der Waals surface area contributed by atoms with E-state index in [2.05, 4.69) is 11.0 Å². The molecule has 0 unspecified atom stereocenters. The van der Waals surface area contributed by atoms with Crippen LogP contribution < -0.4 is 0 Å². The minimum absolute atomic E-state index is 0.682. The third kappa shape index (κ3) is 6.65. The summed E-state index contributed by atoms with van der Waals surface area (Å²) in [7, 11) is 1.72. The first kappa shape index (κ1) is 11.9. The third-order valence-corrected chi connectivity index (χ3v) is 1.78. The Balaban J connectivity index is 3.53. The summed E-state index contributed by atoms with van der Waals surface area (Å²) in [5.74, 6) is 0.682. The standard InChI is InChI=1S/C9H18ClNO/c1-3-4-6-11(7-5-10)8-9-12-2/h3-4H,5-9H2,1-2H3/b4-3+. The number of halogens is 1. The lowest BCUT2D eigenvalue weighted by Crippen LogP contribution is -2.29. The molecule has 0 radical (unpaired) electrons. The Bertz CT molecular complexity index is 117. The maximum absolute atomic E-state index is 5.65. The summed E-state index contributed by atoms with van der Waals surface area (Å²) in [6, 6.07) is 0. The molecule has 0 bridgehead atoms. The maximum Gasteiger partial charge on any atom is 0.0589 e. The molecule has 0 aliphatic heterocycles. The number of ether oxygens (including phenoxy) is 1. The average Bonchev–Trinajstić information content (AvgIpc) is 2.10. The van der Waals surface area contributed by atoms with Crippen LogP contribution in [0, 0.1) is 0 Å². The highest BCUT2D eigenvalue weighted by Gasteiger charge is 1.99. The van der Waals surface area contributed by atoms with Gasteiger partial charge in [-0.2, -0.15) is 0 Å². The number of allylic oxidation sites excluding steroid dienone is 1. The summed E-state index contributed by atoms with van der Waals surface area (Å²) in [5.41, 5.74) is 0. The smallest absolute Gasteiger partial charge is 0.0589 e. The number of methoxy groups -OCH3 is 1. The van der Waals surface area contributed by atoms with E-state index >= 15 is 0 Å². The van der Waals surface area contributed by atoms with E-state index < -0.39 is 0 Å². The minimum Gasteiger partial charge on any atom is -0.383 e. The van der Waals surface area contributed by atoms with Crippen LogP contribution >= 0.6 is 11.6 Å². The van der Waals surface area contributed by atoms with Crippen molar-refractivity contribution in [2.24, 2.45) is 0 Å². The van der Waals surface area contributed by atoms with Crippen LogP contribution in [0.25, 0.3) is 0 Å². The second kappa shape index (κ2) is 9.04. The first-order valence-corrected chi connectivity index (χ1v) is 4.77. The van der Waals surface area contributed by atoms with Crippen molar-refractivity contribution in [3.8, 4) is 0 Å². The lowest BCUT2D eigenvalue weighted by molar-refractivity contribution is 0.157. The lowest BCUT2D eigenvalue weighted by atomic mass is 10.4. The van der Waals surface area contributed by atoms with Crippen molar-refractivity contribution in [3.05, 3.63) is 12.2 Å². The van der Waals surface area contributed by atoms with Crippen LogP contribution in [0.3, 0.4) is 0 Å². The van der Waals surface area contributed by atoms with Crippen LogP contribution in [0.5, 0.6) is 0 Å². The van der Waals surface area contributed by atoms with E-state index in [0.717, 1.165) is 26.2 Å². The number of hydrogen-bond donors (Lipinski definition) is 0. The Labute approximate surface area is 80.1 Å². The molecule has 0 saturated carbocycles. The normalized spacial score (nSPS) is 11.7. The monoisotopic (exact) mass is 191 g/mol. The van der Waals surface area contributed by atoms with Gasteiger partial charge in [-0.25, -0.2) is 0 Å². The van der Waals surface area contributed by atoms with Gasteiger partial charge >= 0.3 is 0 Å². The molecular weight excluding hydrogens is 174 g/mol. The Morgan fingerprint density at radius 1 is 1.42 bits per heavy atom. The SMILES string of the molecule is C/C=C/CN(CCCl)CCOC. The number of hydrogen-bond acceptors (Lipinski definition) is 2. The van der Waals surface area contributed by atoms with Gasteiger partial charge in [-0.3, -0.25) is 4.90 Å². The van der Waals surface area contributed by atoms with E-state index in [1.54, 1.807) is 7.11 Å². The molecule has 2 nitrogen and oxygen atoms in total. The molecule has 3 heteroatoms. The molecule has 0 saturated heterocycles. The number of nitrogens with zero attached hydrogens (tertiary/aromatic N) is 1. The summed E-state index contributed by atoms with van der Waals surface area (Å²) in [4.78, 5) is 2.26. The average molecular weight is 192 g/mol. The van der Waals surface area contributed by atoms with Gasteiger partial charge in [-0.05, 0) is 6.92 Å². The van der Waals surface area contributed by atoms with Crippen molar-refractivity contribution in [3.63, 3.8) is 0 Å². The fourth-order valence-corrected chi connectivity index (χ4v) is 1.13. The summed E-state index contributed by atoms with van der Waals surface area (Å²) in [5, 5.41) is 0. The van der Waals surface area contributed by atoms with Crippen molar-refractivity contribution in [2.45, 2.75) is 6.92 Å². The molecule has 12 heavy (non-hydrogen) atoms. The third-order valence-electron chi connectivity index (χ3n) is 1.61. The van der Waals surface area contributed by atoms with Crippen molar-refractivity contribution in [1.29, 1.82) is 0 Å². The molecule has 0 spiro atoms. The Kier molecular flexibility index (Phi) is 9.00. The highest BCUT2D eigenvalue weighted by Crippen LogP contribution is 1.91. The predicted molar refractivity (Wildman–Crippen MR) is 53.9 cm³/mol. The summed E-state index contributed by atoms with van der Waals surface area (Å²) in [6.45, 7) is 5.64. The fourth-order valence-electron chi connectivity index (χ4n) is 0.889. The van der Waals surface area contributed by atoms with E-state index in [0.29, 0.717) is 5.88 Å². The van der Waals surface area contributed by atoms with Crippen molar-refractivity contribution in [2.75, 3.05) is 39.2 Å². The van der Waals surface area contributed by atoms with Gasteiger partial charge in [-0.1, -0.05) is 12.2 Å². The largest absolute Gasteiger partial charge is 0.383 e. The molecule has 0 amide bonds. The van der Waals surface area contributed by atoms with Gasteiger partial charge in [0.2, 0.25) is 0 Å². The summed E-state index contributed by atoms with van der Waals surface area (Å²) < 4.78 is 4.99. The molecular formula is C9H18ClNO. The van der Waals surface area contributed by atoms with E-state index in [-0.39, 0.29) is 0 Å². The van der Waals surface area contributed by atoms with E-state index in [4.69, 9.17) is 16.3 Å². The highest BCUT2D eigenvalue weighted by atomic mass is 35.5. The quantitative estimate of drug-likeness (QED) is 0.449. The minimum atomic E-state index is 0.682. The molecule has 0 heterocycles. The fraction of sp³-hybridized carbons (Fsp3) is 0.778. The van der Waals surface area contributed by atoms with Crippen molar-refractivity contribution < 1.29 is 4.74 Å². The molecule has 0 fully saturated rings. The number of alkyl halides is 1. The van der Waals surface area contributed by atoms with E-state index in [1.165, 1.54) is 0 Å². The molecule has 72 valence electrons. The summed E-state index contributed by atoms with van der Waals surface area (Å²) in [6.07, 6.45) is 4.18. The predicted octanol–water partition coefficient (Wildman–Crippen LogP) is 1.75. The first-order chi connectivity index (χ1) is 5.85. The van der Waals surface area contributed by atoms with Gasteiger partial charge in [0, 0.05) is 32.6 Å². The highest BCUT2D eigenvalue weighted by molar-refractivity contribution is 6.18. The molecule has 0 aliphatic carbocycles. The Morgan fingerprint density at radius 2 is 2.17 bits per heavy atom. The second-order valence-electron chi connectivity index (χ2n) is 2.55. The lowest BCUT2D eigenvalue weighted by Gasteiger charge is -2.18. The molecule has 0 rings (SSSR count). The molecule has 0 N–H and O–H groups in total. The zero-order valence-corrected chi connectivity index (χ0v) is 8.68. The van der Waals surface area contributed by atoms with Crippen molar-refractivity contribution in [1.82, 2.24) is 4.90 Å². The van der Waals surface area contributed by atoms with Gasteiger partial charge < -0.3 is 4.74 Å². The first-order valence-electron chi connectivity index (χ1n) is 4.23. The van der Waals surface area contributed by atoms with Crippen molar-refractivity contribution >= 4 is 11.6 Å². The molecule has 0 aromatic carbocycles. The Morgan fingerprint density at radius 3 is 2.67 bits per heavy atom. The van der Waals surface area contributed by atoms with Crippen LogP contribution in [0.4, 0.5) is 0 Å². The van der Waals surface area contributed by atoms with Gasteiger partial charge in [-0.15, -0.1) is 11.6 Å².